The van der Waals surface area contributed by atoms with E-state index in [2.05, 4.69) is 20.2 Å². The molecule has 0 atom stereocenters. The topological polar surface area (TPSA) is 110 Å². The number of aromatic nitrogens is 2. The van der Waals surface area contributed by atoms with Crippen molar-refractivity contribution in [2.45, 2.75) is 6.61 Å². The number of amides is 1. The van der Waals surface area contributed by atoms with Gasteiger partial charge in [-0.1, -0.05) is 35.6 Å². The van der Waals surface area contributed by atoms with Gasteiger partial charge in [0.15, 0.2) is 0 Å². The van der Waals surface area contributed by atoms with Crippen LogP contribution < -0.4 is 14.8 Å². The third-order valence-corrected chi connectivity index (χ3v) is 4.80. The predicted molar refractivity (Wildman–Crippen MR) is 104 cm³/mol. The number of benzene rings is 2. The van der Waals surface area contributed by atoms with Gasteiger partial charge in [0.05, 0.1) is 11.8 Å². The van der Waals surface area contributed by atoms with Crippen molar-refractivity contribution in [2.75, 3.05) is 16.3 Å². The number of anilines is 2. The highest BCUT2D eigenvalue weighted by Crippen LogP contribution is 2.24. The van der Waals surface area contributed by atoms with Crippen LogP contribution in [0.1, 0.15) is 15.9 Å². The van der Waals surface area contributed by atoms with Crippen molar-refractivity contribution in [3.05, 3.63) is 65.5 Å². The van der Waals surface area contributed by atoms with Crippen LogP contribution in [0.5, 0.6) is 5.75 Å². The Morgan fingerprint density at radius 3 is 2.50 bits per heavy atom. The van der Waals surface area contributed by atoms with Crippen LogP contribution in [0, 0.1) is 5.82 Å². The minimum Gasteiger partial charge on any atom is -0.488 e. The van der Waals surface area contributed by atoms with Crippen molar-refractivity contribution in [1.29, 1.82) is 0 Å². The highest BCUT2D eigenvalue weighted by Gasteiger charge is 2.16. The smallest absolute Gasteiger partial charge is 0.261 e. The molecule has 0 aliphatic carbocycles. The van der Waals surface area contributed by atoms with Crippen molar-refractivity contribution in [1.82, 2.24) is 10.2 Å². The van der Waals surface area contributed by atoms with Gasteiger partial charge in [-0.15, -0.1) is 10.2 Å². The molecule has 11 heteroatoms. The predicted octanol–water partition coefficient (Wildman–Crippen LogP) is 2.88. The van der Waals surface area contributed by atoms with Crippen LogP contribution >= 0.6 is 11.3 Å². The molecule has 8 nitrogen and oxygen atoms in total. The maximum Gasteiger partial charge on any atom is 0.261 e. The maximum absolute atomic E-state index is 13.0. The van der Waals surface area contributed by atoms with Gasteiger partial charge in [0.25, 0.3) is 5.91 Å². The molecule has 0 aliphatic rings. The fourth-order valence-corrected chi connectivity index (χ4v) is 3.63. The third kappa shape index (κ3) is 5.47. The van der Waals surface area contributed by atoms with Crippen LogP contribution in [-0.2, 0) is 16.6 Å². The Hall–Kier alpha value is -3.05. The highest BCUT2D eigenvalue weighted by molar-refractivity contribution is 7.92. The standard InChI is InChI=1S/C17H15FN4O4S2/c1-28(24,25)22-17-21-20-16(27-17)19-15(23)13-4-2-3-5-14(13)26-10-11-6-8-12(18)9-7-11/h2-9H,10H2,1H3,(H,21,22)(H,19,20,23). The van der Waals surface area contributed by atoms with E-state index in [0.29, 0.717) is 5.75 Å². The number of hydrogen-bond acceptors (Lipinski definition) is 7. The van der Waals surface area contributed by atoms with Crippen LogP contribution in [-0.4, -0.2) is 30.8 Å². The Morgan fingerprint density at radius 2 is 1.79 bits per heavy atom. The Balaban J connectivity index is 1.69. The number of nitrogens with one attached hydrogen (secondary N) is 2. The van der Waals surface area contributed by atoms with Crippen LogP contribution in [0.3, 0.4) is 0 Å². The van der Waals surface area contributed by atoms with Crippen LogP contribution in [0.15, 0.2) is 48.5 Å². The first-order chi connectivity index (χ1) is 13.3. The van der Waals surface area contributed by atoms with E-state index in [1.165, 1.54) is 12.1 Å². The van der Waals surface area contributed by atoms with Gasteiger partial charge in [0.1, 0.15) is 18.2 Å². The second-order valence-corrected chi connectivity index (χ2v) is 8.38. The van der Waals surface area contributed by atoms with Crippen molar-refractivity contribution in [3.8, 4) is 5.75 Å². The zero-order valence-corrected chi connectivity index (χ0v) is 16.2. The average molecular weight is 422 g/mol. The molecule has 3 rings (SSSR count). The summed E-state index contributed by atoms with van der Waals surface area (Å²) in [6.07, 6.45) is 0.987. The third-order valence-electron chi connectivity index (χ3n) is 3.36. The summed E-state index contributed by atoms with van der Waals surface area (Å²) in [5.41, 5.74) is 1.01. The van der Waals surface area contributed by atoms with E-state index in [1.807, 2.05) is 0 Å². The summed E-state index contributed by atoms with van der Waals surface area (Å²) in [4.78, 5) is 12.5. The SMILES string of the molecule is CS(=O)(=O)Nc1nnc(NC(=O)c2ccccc2OCc2ccc(F)cc2)s1. The van der Waals surface area contributed by atoms with Gasteiger partial charge in [-0.3, -0.25) is 14.8 Å². The molecule has 1 heterocycles. The quantitative estimate of drug-likeness (QED) is 0.606. The lowest BCUT2D eigenvalue weighted by molar-refractivity contribution is 0.102. The van der Waals surface area contributed by atoms with Gasteiger partial charge in [-0.25, -0.2) is 12.8 Å². The van der Waals surface area contributed by atoms with E-state index in [4.69, 9.17) is 4.74 Å². The molecule has 0 fully saturated rings. The van der Waals surface area contributed by atoms with Gasteiger partial charge in [0.2, 0.25) is 20.3 Å². The second-order valence-electron chi connectivity index (χ2n) is 5.65. The fraction of sp³-hybridized carbons (Fsp3) is 0.118. The molecule has 0 aliphatic heterocycles. The zero-order chi connectivity index (χ0) is 20.1. The molecule has 2 N–H and O–H groups in total. The van der Waals surface area contributed by atoms with Crippen LogP contribution in [0.4, 0.5) is 14.7 Å². The monoisotopic (exact) mass is 422 g/mol. The van der Waals surface area contributed by atoms with E-state index in [0.717, 1.165) is 23.2 Å². The van der Waals surface area contributed by atoms with Gasteiger partial charge >= 0.3 is 0 Å². The van der Waals surface area contributed by atoms with E-state index in [1.54, 1.807) is 36.4 Å². The molecular weight excluding hydrogens is 407 g/mol. The molecule has 2 aromatic carbocycles. The Morgan fingerprint density at radius 1 is 1.11 bits per heavy atom. The average Bonchev–Trinajstić information content (AvgIpc) is 3.06. The summed E-state index contributed by atoms with van der Waals surface area (Å²) in [5, 5.41) is 10.1. The summed E-state index contributed by atoms with van der Waals surface area (Å²) < 4.78 is 43.3. The molecule has 0 bridgehead atoms. The molecule has 0 saturated heterocycles. The first-order valence-corrected chi connectivity index (χ1v) is 10.6. The molecule has 0 radical (unpaired) electrons. The Kier molecular flexibility index (Phi) is 5.85. The van der Waals surface area contributed by atoms with Gasteiger partial charge in [-0.2, -0.15) is 0 Å². The Bertz CT molecular complexity index is 1080. The molecule has 146 valence electrons. The minimum atomic E-state index is -3.49. The number of rotatable bonds is 7. The summed E-state index contributed by atoms with van der Waals surface area (Å²) >= 11 is 0.879. The molecule has 1 aromatic heterocycles. The summed E-state index contributed by atoms with van der Waals surface area (Å²) in [7, 11) is -3.49. The van der Waals surface area contributed by atoms with Crippen molar-refractivity contribution in [2.24, 2.45) is 0 Å². The van der Waals surface area contributed by atoms with Gasteiger partial charge in [-0.05, 0) is 29.8 Å². The molecule has 3 aromatic rings. The molecule has 1 amide bonds. The zero-order valence-electron chi connectivity index (χ0n) is 14.5. The highest BCUT2D eigenvalue weighted by atomic mass is 32.2. The molecule has 0 spiro atoms. The van der Waals surface area contributed by atoms with Gasteiger partial charge < -0.3 is 4.74 Å². The number of carbonyl (C=O) groups excluding carboxylic acids is 1. The van der Waals surface area contributed by atoms with Crippen molar-refractivity contribution < 1.29 is 22.3 Å². The number of para-hydroxylation sites is 1. The van der Waals surface area contributed by atoms with Crippen LogP contribution in [0.2, 0.25) is 0 Å². The van der Waals surface area contributed by atoms with E-state index < -0.39 is 15.9 Å². The van der Waals surface area contributed by atoms with Crippen LogP contribution in [0.25, 0.3) is 0 Å². The lowest BCUT2D eigenvalue weighted by atomic mass is 10.2. The number of sulfonamides is 1. The number of carbonyl (C=O) groups is 1. The lowest BCUT2D eigenvalue weighted by Crippen LogP contribution is -2.13. The number of hydrogen-bond donors (Lipinski definition) is 2. The van der Waals surface area contributed by atoms with Crippen molar-refractivity contribution in [3.63, 3.8) is 0 Å². The molecule has 28 heavy (non-hydrogen) atoms. The number of nitrogens with zero attached hydrogens (tertiary/aromatic N) is 2. The fourth-order valence-electron chi connectivity index (χ4n) is 2.16. The van der Waals surface area contributed by atoms with E-state index in [9.17, 15) is 17.6 Å². The van der Waals surface area contributed by atoms with E-state index >= 15 is 0 Å². The lowest BCUT2D eigenvalue weighted by Gasteiger charge is -2.11. The minimum absolute atomic E-state index is 0.0404. The summed E-state index contributed by atoms with van der Waals surface area (Å²) in [6.45, 7) is 0.159. The maximum atomic E-state index is 13.0. The van der Waals surface area contributed by atoms with Crippen molar-refractivity contribution >= 4 is 37.5 Å². The molecular formula is C17H15FN4O4S2. The summed E-state index contributed by atoms with van der Waals surface area (Å²) in [6, 6.07) is 12.4. The first-order valence-electron chi connectivity index (χ1n) is 7.89. The number of halogens is 1. The second kappa shape index (κ2) is 8.31. The van der Waals surface area contributed by atoms with E-state index in [-0.39, 0.29) is 28.3 Å². The molecule has 0 unspecified atom stereocenters. The summed E-state index contributed by atoms with van der Waals surface area (Å²) in [5.74, 6) is -0.495. The molecule has 0 saturated carbocycles. The number of ether oxygens (including phenoxy) is 1. The first kappa shape index (κ1) is 19.7. The Labute approximate surface area is 164 Å². The largest absolute Gasteiger partial charge is 0.488 e. The van der Waals surface area contributed by atoms with Gasteiger partial charge in [0, 0.05) is 0 Å². The normalized spacial score (nSPS) is 11.1.